The summed E-state index contributed by atoms with van der Waals surface area (Å²) in [7, 11) is 0. The van der Waals surface area contributed by atoms with Gasteiger partial charge < -0.3 is 9.64 Å². The van der Waals surface area contributed by atoms with Crippen LogP contribution in [0.3, 0.4) is 0 Å². The third-order valence-electron chi connectivity index (χ3n) is 7.24. The van der Waals surface area contributed by atoms with Gasteiger partial charge in [-0.1, -0.05) is 50.2 Å². The van der Waals surface area contributed by atoms with Gasteiger partial charge in [0, 0.05) is 44.3 Å². The van der Waals surface area contributed by atoms with Crippen LogP contribution >= 0.6 is 0 Å². The average Bonchev–Trinajstić information content (AvgIpc) is 2.88. The van der Waals surface area contributed by atoms with Crippen molar-refractivity contribution in [3.8, 4) is 11.8 Å². The molecule has 0 aliphatic carbocycles. The number of piperazine rings is 1. The lowest BCUT2D eigenvalue weighted by Gasteiger charge is -2.36. The van der Waals surface area contributed by atoms with Crippen LogP contribution in [0, 0.1) is 17.2 Å². The van der Waals surface area contributed by atoms with Crippen LogP contribution in [-0.4, -0.2) is 60.7 Å². The molecule has 0 N–H and O–H groups in total. The highest BCUT2D eigenvalue weighted by Gasteiger charge is 2.35. The summed E-state index contributed by atoms with van der Waals surface area (Å²) in [6, 6.07) is 23.1. The van der Waals surface area contributed by atoms with Crippen LogP contribution in [0.5, 0.6) is 5.75 Å². The van der Waals surface area contributed by atoms with Gasteiger partial charge in [0.1, 0.15) is 12.4 Å². The predicted octanol–water partition coefficient (Wildman–Crippen LogP) is 5.13. The number of hydrogen-bond donors (Lipinski definition) is 0. The standard InChI is InChI=1S/C29H36N4O/c1-24(2)29(23-30,26-9-4-3-5-10-26)13-7-15-32-16-18-33(19-17-32)20-21-34-27-11-12-28-25(22-27)8-6-14-31-28/h3-6,8-12,14,22,24H,7,13,15-21H2,1-2H3. The molecule has 2 aromatic carbocycles. The fourth-order valence-corrected chi connectivity index (χ4v) is 5.01. The Morgan fingerprint density at radius 1 is 0.971 bits per heavy atom. The molecule has 1 aliphatic heterocycles. The summed E-state index contributed by atoms with van der Waals surface area (Å²) >= 11 is 0. The van der Waals surface area contributed by atoms with Crippen LogP contribution in [0.15, 0.2) is 66.9 Å². The molecule has 4 rings (SSSR count). The van der Waals surface area contributed by atoms with Gasteiger partial charge in [-0.25, -0.2) is 0 Å². The first-order valence-corrected chi connectivity index (χ1v) is 12.5. The minimum absolute atomic E-state index is 0.288. The van der Waals surface area contributed by atoms with Gasteiger partial charge in [0.05, 0.1) is 17.0 Å². The molecule has 0 bridgehead atoms. The van der Waals surface area contributed by atoms with Gasteiger partial charge in [-0.2, -0.15) is 5.26 Å². The molecule has 5 nitrogen and oxygen atoms in total. The third-order valence-corrected chi connectivity index (χ3v) is 7.24. The summed E-state index contributed by atoms with van der Waals surface area (Å²) in [5.41, 5.74) is 1.74. The van der Waals surface area contributed by atoms with Crippen molar-refractivity contribution >= 4 is 10.9 Å². The Morgan fingerprint density at radius 3 is 2.41 bits per heavy atom. The van der Waals surface area contributed by atoms with E-state index in [1.165, 1.54) is 0 Å². The molecule has 0 spiro atoms. The summed E-state index contributed by atoms with van der Waals surface area (Å²) < 4.78 is 6.01. The second kappa shape index (κ2) is 11.5. The molecule has 3 aromatic rings. The zero-order valence-electron chi connectivity index (χ0n) is 20.5. The number of nitrogens with zero attached hydrogens (tertiary/aromatic N) is 4. The zero-order chi connectivity index (χ0) is 23.8. The maximum Gasteiger partial charge on any atom is 0.120 e. The molecule has 1 atom stereocenters. The number of aromatic nitrogens is 1. The molecule has 34 heavy (non-hydrogen) atoms. The SMILES string of the molecule is CC(C)C(C#N)(CCCN1CCN(CCOc2ccc3ncccc3c2)CC1)c1ccccc1. The topological polar surface area (TPSA) is 52.4 Å². The monoisotopic (exact) mass is 456 g/mol. The maximum atomic E-state index is 10.1. The first kappa shape index (κ1) is 24.2. The summed E-state index contributed by atoms with van der Waals surface area (Å²) in [5.74, 6) is 1.19. The highest BCUT2D eigenvalue weighted by atomic mass is 16.5. The van der Waals surface area contributed by atoms with E-state index in [0.717, 1.165) is 74.3 Å². The minimum atomic E-state index is -0.404. The molecule has 0 saturated carbocycles. The summed E-state index contributed by atoms with van der Waals surface area (Å²) in [6.45, 7) is 11.3. The fourth-order valence-electron chi connectivity index (χ4n) is 5.01. The fraction of sp³-hybridized carbons (Fsp3) is 0.448. The Labute approximate surface area is 204 Å². The first-order valence-electron chi connectivity index (χ1n) is 12.5. The number of ether oxygens (including phenoxy) is 1. The van der Waals surface area contributed by atoms with Crippen molar-refractivity contribution in [2.24, 2.45) is 5.92 Å². The minimum Gasteiger partial charge on any atom is -0.492 e. The molecule has 1 saturated heterocycles. The second-order valence-electron chi connectivity index (χ2n) is 9.60. The lowest BCUT2D eigenvalue weighted by atomic mass is 9.70. The molecule has 178 valence electrons. The van der Waals surface area contributed by atoms with Gasteiger partial charge in [-0.3, -0.25) is 9.88 Å². The Bertz CT molecular complexity index is 1090. The van der Waals surface area contributed by atoms with Gasteiger partial charge >= 0.3 is 0 Å². The van der Waals surface area contributed by atoms with Crippen LogP contribution < -0.4 is 4.74 Å². The molecule has 0 radical (unpaired) electrons. The van der Waals surface area contributed by atoms with Gasteiger partial charge in [-0.05, 0) is 55.1 Å². The molecule has 5 heteroatoms. The number of benzene rings is 2. The van der Waals surface area contributed by atoms with Crippen molar-refractivity contribution in [3.63, 3.8) is 0 Å². The van der Waals surface area contributed by atoms with E-state index < -0.39 is 5.41 Å². The van der Waals surface area contributed by atoms with Crippen LogP contribution in [0.25, 0.3) is 10.9 Å². The van der Waals surface area contributed by atoms with Crippen molar-refractivity contribution in [1.29, 1.82) is 5.26 Å². The zero-order valence-corrected chi connectivity index (χ0v) is 20.5. The van der Waals surface area contributed by atoms with Gasteiger partial charge in [0.25, 0.3) is 0 Å². The molecule has 1 fully saturated rings. The van der Waals surface area contributed by atoms with Crippen molar-refractivity contribution in [2.75, 3.05) is 45.9 Å². The number of nitriles is 1. The molecule has 1 aliphatic rings. The lowest BCUT2D eigenvalue weighted by Crippen LogP contribution is -2.47. The predicted molar refractivity (Wildman–Crippen MR) is 138 cm³/mol. The number of pyridine rings is 1. The van der Waals surface area contributed by atoms with E-state index in [-0.39, 0.29) is 5.92 Å². The number of fused-ring (bicyclic) bond motifs is 1. The third kappa shape index (κ3) is 5.75. The van der Waals surface area contributed by atoms with Crippen molar-refractivity contribution < 1.29 is 4.74 Å². The van der Waals surface area contributed by atoms with Gasteiger partial charge in [0.2, 0.25) is 0 Å². The van der Waals surface area contributed by atoms with Gasteiger partial charge in [0.15, 0.2) is 0 Å². The molecular formula is C29H36N4O. The Morgan fingerprint density at radius 2 is 1.71 bits per heavy atom. The van der Waals surface area contributed by atoms with Crippen LogP contribution in [0.2, 0.25) is 0 Å². The van der Waals surface area contributed by atoms with E-state index in [1.54, 1.807) is 0 Å². The first-order chi connectivity index (χ1) is 16.6. The second-order valence-corrected chi connectivity index (χ2v) is 9.60. The Hall–Kier alpha value is -2.94. The summed E-state index contributed by atoms with van der Waals surface area (Å²) in [5, 5.41) is 11.2. The largest absolute Gasteiger partial charge is 0.492 e. The smallest absolute Gasteiger partial charge is 0.120 e. The highest BCUT2D eigenvalue weighted by molar-refractivity contribution is 5.79. The molecule has 0 amide bonds. The van der Waals surface area contributed by atoms with Crippen LogP contribution in [0.4, 0.5) is 0 Å². The number of hydrogen-bond acceptors (Lipinski definition) is 5. The summed E-state index contributed by atoms with van der Waals surface area (Å²) in [4.78, 5) is 9.39. The highest BCUT2D eigenvalue weighted by Crippen LogP contribution is 2.36. The van der Waals surface area contributed by atoms with E-state index >= 15 is 0 Å². The quantitative estimate of drug-likeness (QED) is 0.423. The van der Waals surface area contributed by atoms with Crippen molar-refractivity contribution in [1.82, 2.24) is 14.8 Å². The average molecular weight is 457 g/mol. The van der Waals surface area contributed by atoms with Crippen LogP contribution in [-0.2, 0) is 5.41 Å². The Kier molecular flexibility index (Phi) is 8.16. The molecule has 1 unspecified atom stereocenters. The van der Waals surface area contributed by atoms with E-state index in [4.69, 9.17) is 4.74 Å². The molecule has 1 aromatic heterocycles. The lowest BCUT2D eigenvalue weighted by molar-refractivity contribution is 0.114. The van der Waals surface area contributed by atoms with Gasteiger partial charge in [-0.15, -0.1) is 0 Å². The molecule has 2 heterocycles. The normalized spacial score (nSPS) is 16.9. The van der Waals surface area contributed by atoms with Crippen molar-refractivity contribution in [2.45, 2.75) is 32.1 Å². The Balaban J connectivity index is 1.19. The molecular weight excluding hydrogens is 420 g/mol. The van der Waals surface area contributed by atoms with E-state index in [9.17, 15) is 5.26 Å². The number of rotatable bonds is 10. The van der Waals surface area contributed by atoms with E-state index in [1.807, 2.05) is 42.6 Å². The van der Waals surface area contributed by atoms with Crippen LogP contribution in [0.1, 0.15) is 32.3 Å². The van der Waals surface area contributed by atoms with E-state index in [2.05, 4.69) is 59.0 Å². The maximum absolute atomic E-state index is 10.1. The van der Waals surface area contributed by atoms with E-state index in [0.29, 0.717) is 6.61 Å². The van der Waals surface area contributed by atoms with Crippen molar-refractivity contribution in [3.05, 3.63) is 72.4 Å². The summed E-state index contributed by atoms with van der Waals surface area (Å²) in [6.07, 6.45) is 3.76.